The van der Waals surface area contributed by atoms with Crippen molar-refractivity contribution in [2.45, 2.75) is 0 Å². The Morgan fingerprint density at radius 1 is 0.882 bits per heavy atom. The van der Waals surface area contributed by atoms with Crippen molar-refractivity contribution in [3.05, 3.63) is 53.6 Å². The van der Waals surface area contributed by atoms with Gasteiger partial charge >= 0.3 is 0 Å². The number of nitriles is 1. The van der Waals surface area contributed by atoms with Gasteiger partial charge in [0.05, 0.1) is 11.6 Å². The van der Waals surface area contributed by atoms with Crippen LogP contribution >= 0.6 is 0 Å². The summed E-state index contributed by atoms with van der Waals surface area (Å²) < 4.78 is 26.1. The summed E-state index contributed by atoms with van der Waals surface area (Å²) in [5.74, 6) is -1.53. The van der Waals surface area contributed by atoms with E-state index in [4.69, 9.17) is 5.26 Å². The molecule has 1 N–H and O–H groups in total. The molecule has 2 aromatic carbocycles. The molecule has 0 saturated carbocycles. The van der Waals surface area contributed by atoms with E-state index in [2.05, 4.69) is 0 Å². The molecular weight excluding hydrogens is 224 g/mol. The highest BCUT2D eigenvalue weighted by Gasteiger charge is 2.06. The molecule has 4 heteroatoms. The maximum absolute atomic E-state index is 13.0. The molecule has 0 saturated heterocycles. The number of nitrogens with zero attached hydrogens (tertiary/aromatic N) is 1. The van der Waals surface area contributed by atoms with E-state index >= 15 is 0 Å². The van der Waals surface area contributed by atoms with Crippen LogP contribution in [0.25, 0.3) is 11.1 Å². The highest BCUT2D eigenvalue weighted by atomic mass is 19.1. The van der Waals surface area contributed by atoms with E-state index in [1.165, 1.54) is 18.2 Å². The Morgan fingerprint density at radius 3 is 2.06 bits per heavy atom. The van der Waals surface area contributed by atoms with E-state index in [0.29, 0.717) is 5.56 Å². The smallest absolute Gasteiger partial charge is 0.126 e. The van der Waals surface area contributed by atoms with Crippen molar-refractivity contribution in [1.82, 2.24) is 0 Å². The highest BCUT2D eigenvalue weighted by Crippen LogP contribution is 2.26. The first kappa shape index (κ1) is 11.1. The Balaban J connectivity index is 2.60. The van der Waals surface area contributed by atoms with E-state index in [0.717, 1.165) is 18.2 Å². The third kappa shape index (κ3) is 2.40. The van der Waals surface area contributed by atoms with Gasteiger partial charge in [0.15, 0.2) is 0 Å². The van der Waals surface area contributed by atoms with Gasteiger partial charge in [-0.15, -0.1) is 0 Å². The second-order valence-corrected chi connectivity index (χ2v) is 3.54. The molecule has 0 fully saturated rings. The average molecular weight is 231 g/mol. The summed E-state index contributed by atoms with van der Waals surface area (Å²) in [4.78, 5) is 0. The van der Waals surface area contributed by atoms with Gasteiger partial charge in [0.2, 0.25) is 0 Å². The molecule has 0 amide bonds. The molecule has 0 aliphatic rings. The molecule has 0 bridgehead atoms. The van der Waals surface area contributed by atoms with Crippen LogP contribution in [0.3, 0.4) is 0 Å². The van der Waals surface area contributed by atoms with Crippen molar-refractivity contribution in [1.29, 1.82) is 5.26 Å². The van der Waals surface area contributed by atoms with Crippen LogP contribution in [0.1, 0.15) is 5.56 Å². The van der Waals surface area contributed by atoms with Crippen LogP contribution in [0.5, 0.6) is 5.75 Å². The van der Waals surface area contributed by atoms with Gasteiger partial charge in [-0.2, -0.15) is 5.26 Å². The van der Waals surface area contributed by atoms with Gasteiger partial charge in [-0.1, -0.05) is 0 Å². The zero-order valence-corrected chi connectivity index (χ0v) is 8.61. The van der Waals surface area contributed by atoms with E-state index in [1.807, 2.05) is 6.07 Å². The highest BCUT2D eigenvalue weighted by molar-refractivity contribution is 5.67. The maximum Gasteiger partial charge on any atom is 0.126 e. The van der Waals surface area contributed by atoms with Crippen molar-refractivity contribution in [2.24, 2.45) is 0 Å². The number of hydrogen-bond acceptors (Lipinski definition) is 2. The Hall–Kier alpha value is -2.41. The minimum Gasteiger partial charge on any atom is -0.508 e. The summed E-state index contributed by atoms with van der Waals surface area (Å²) in [5, 5.41) is 18.1. The van der Waals surface area contributed by atoms with Crippen LogP contribution in [0, 0.1) is 23.0 Å². The molecule has 0 aromatic heterocycles. The van der Waals surface area contributed by atoms with Crippen molar-refractivity contribution in [2.75, 3.05) is 0 Å². The first-order chi connectivity index (χ1) is 8.08. The summed E-state index contributed by atoms with van der Waals surface area (Å²) in [6.07, 6.45) is 0. The van der Waals surface area contributed by atoms with Crippen LogP contribution in [0.15, 0.2) is 36.4 Å². The minimum atomic E-state index is -0.707. The number of halogens is 2. The lowest BCUT2D eigenvalue weighted by molar-refractivity contribution is 0.475. The maximum atomic E-state index is 13.0. The summed E-state index contributed by atoms with van der Waals surface area (Å²) >= 11 is 0. The molecule has 0 unspecified atom stereocenters. The Bertz CT molecular complexity index is 597. The Morgan fingerprint density at radius 2 is 1.47 bits per heavy atom. The molecule has 0 aliphatic heterocycles. The number of rotatable bonds is 1. The third-order valence-corrected chi connectivity index (χ3v) is 2.24. The van der Waals surface area contributed by atoms with Crippen LogP contribution < -0.4 is 0 Å². The predicted molar refractivity (Wildman–Crippen MR) is 58.2 cm³/mol. The molecule has 0 spiro atoms. The number of aromatic hydroxyl groups is 1. The fourth-order valence-electron chi connectivity index (χ4n) is 1.56. The number of phenols is 1. The van der Waals surface area contributed by atoms with Crippen molar-refractivity contribution < 1.29 is 13.9 Å². The first-order valence-corrected chi connectivity index (χ1v) is 4.79. The average Bonchev–Trinajstić information content (AvgIpc) is 2.26. The van der Waals surface area contributed by atoms with Crippen LogP contribution in [-0.2, 0) is 0 Å². The lowest BCUT2D eigenvalue weighted by atomic mass is 10.0. The quantitative estimate of drug-likeness (QED) is 0.818. The minimum absolute atomic E-state index is 0.122. The second kappa shape index (κ2) is 4.22. The van der Waals surface area contributed by atoms with E-state index in [1.54, 1.807) is 0 Å². The third-order valence-electron chi connectivity index (χ3n) is 2.24. The molecule has 2 nitrogen and oxygen atoms in total. The SMILES string of the molecule is N#Cc1cc(O)cc(-c2cc(F)cc(F)c2)c1. The summed E-state index contributed by atoms with van der Waals surface area (Å²) in [6, 6.07) is 8.97. The van der Waals surface area contributed by atoms with Gasteiger partial charge in [-0.05, 0) is 41.5 Å². The summed E-state index contributed by atoms with van der Waals surface area (Å²) in [7, 11) is 0. The molecular formula is C13H7F2NO. The van der Waals surface area contributed by atoms with E-state index in [9.17, 15) is 13.9 Å². The second-order valence-electron chi connectivity index (χ2n) is 3.54. The van der Waals surface area contributed by atoms with Gasteiger partial charge < -0.3 is 5.11 Å². The largest absolute Gasteiger partial charge is 0.508 e. The van der Waals surface area contributed by atoms with E-state index < -0.39 is 11.6 Å². The zero-order chi connectivity index (χ0) is 12.4. The Kier molecular flexibility index (Phi) is 2.75. The summed E-state index contributed by atoms with van der Waals surface area (Å²) in [6.45, 7) is 0. The topological polar surface area (TPSA) is 44.0 Å². The lowest BCUT2D eigenvalue weighted by Crippen LogP contribution is -1.85. The molecule has 0 aliphatic carbocycles. The molecule has 0 radical (unpaired) electrons. The molecule has 2 aromatic rings. The molecule has 17 heavy (non-hydrogen) atoms. The van der Waals surface area contributed by atoms with Crippen LogP contribution in [-0.4, -0.2) is 5.11 Å². The fraction of sp³-hybridized carbons (Fsp3) is 0. The fourth-order valence-corrected chi connectivity index (χ4v) is 1.56. The van der Waals surface area contributed by atoms with Gasteiger partial charge in [0.25, 0.3) is 0 Å². The standard InChI is InChI=1S/C13H7F2NO/c14-11-3-10(4-12(15)6-11)9-1-8(7-16)2-13(17)5-9/h1-6,17H. The van der Waals surface area contributed by atoms with Gasteiger partial charge in [0.1, 0.15) is 17.4 Å². The monoisotopic (exact) mass is 231 g/mol. The van der Waals surface area contributed by atoms with Gasteiger partial charge in [0, 0.05) is 6.07 Å². The Labute approximate surface area is 96.4 Å². The lowest BCUT2D eigenvalue weighted by Gasteiger charge is -2.04. The van der Waals surface area contributed by atoms with Crippen molar-refractivity contribution in [3.63, 3.8) is 0 Å². The number of hydrogen-bond donors (Lipinski definition) is 1. The molecule has 2 rings (SSSR count). The van der Waals surface area contributed by atoms with Gasteiger partial charge in [-0.3, -0.25) is 0 Å². The molecule has 84 valence electrons. The van der Waals surface area contributed by atoms with E-state index in [-0.39, 0.29) is 16.9 Å². The van der Waals surface area contributed by atoms with Crippen molar-refractivity contribution in [3.8, 4) is 22.9 Å². The first-order valence-electron chi connectivity index (χ1n) is 4.79. The zero-order valence-electron chi connectivity index (χ0n) is 8.61. The number of phenolic OH excluding ortho intramolecular Hbond substituents is 1. The van der Waals surface area contributed by atoms with Crippen LogP contribution in [0.2, 0.25) is 0 Å². The molecule has 0 heterocycles. The molecule has 0 atom stereocenters. The normalized spacial score (nSPS) is 9.94. The summed E-state index contributed by atoms with van der Waals surface area (Å²) in [5.41, 5.74) is 0.888. The van der Waals surface area contributed by atoms with Crippen LogP contribution in [0.4, 0.5) is 8.78 Å². The van der Waals surface area contributed by atoms with Crippen molar-refractivity contribution >= 4 is 0 Å². The predicted octanol–water partition coefficient (Wildman–Crippen LogP) is 3.21. The van der Waals surface area contributed by atoms with Gasteiger partial charge in [-0.25, -0.2) is 8.78 Å². The number of benzene rings is 2.